The second kappa shape index (κ2) is 7.72. The van der Waals surface area contributed by atoms with Gasteiger partial charge in [0.15, 0.2) is 0 Å². The SMILES string of the molecule is Cc1cc(Nc2nccc(N3CC(CC#N)(N4CCN5C[C@H](F)C[C@H]5C4)C3)n2)sn1. The number of alkyl halides is 1. The van der Waals surface area contributed by atoms with Crippen molar-refractivity contribution < 1.29 is 4.39 Å². The lowest BCUT2D eigenvalue weighted by Gasteiger charge is -2.57. The first kappa shape index (κ1) is 19.6. The molecule has 0 aromatic carbocycles. The zero-order valence-electron chi connectivity index (χ0n) is 17.0. The molecule has 2 aromatic heterocycles. The number of nitrogens with one attached hydrogen (secondary N) is 1. The van der Waals surface area contributed by atoms with E-state index < -0.39 is 6.17 Å². The molecule has 0 bridgehead atoms. The second-order valence-electron chi connectivity index (χ2n) is 8.54. The molecule has 0 saturated carbocycles. The van der Waals surface area contributed by atoms with E-state index in [4.69, 9.17) is 0 Å². The van der Waals surface area contributed by atoms with Crippen LogP contribution in [-0.2, 0) is 0 Å². The van der Waals surface area contributed by atoms with Crippen molar-refractivity contribution in [3.63, 3.8) is 0 Å². The van der Waals surface area contributed by atoms with Crippen molar-refractivity contribution >= 4 is 28.3 Å². The molecule has 3 aliphatic rings. The zero-order chi connectivity index (χ0) is 20.7. The molecule has 3 fully saturated rings. The van der Waals surface area contributed by atoms with E-state index in [1.807, 2.05) is 19.1 Å². The van der Waals surface area contributed by atoms with Gasteiger partial charge in [-0.3, -0.25) is 9.80 Å². The summed E-state index contributed by atoms with van der Waals surface area (Å²) in [5.41, 5.74) is 0.784. The number of hydrogen-bond donors (Lipinski definition) is 1. The van der Waals surface area contributed by atoms with Gasteiger partial charge in [0.1, 0.15) is 17.0 Å². The van der Waals surface area contributed by atoms with Crippen LogP contribution in [0.4, 0.5) is 21.2 Å². The first-order valence-electron chi connectivity index (χ1n) is 10.3. The fourth-order valence-electron chi connectivity index (χ4n) is 4.93. The fourth-order valence-corrected chi connectivity index (χ4v) is 5.58. The average molecular weight is 429 g/mol. The van der Waals surface area contributed by atoms with Gasteiger partial charge in [0.25, 0.3) is 0 Å². The van der Waals surface area contributed by atoms with Crippen molar-refractivity contribution in [2.45, 2.75) is 37.5 Å². The van der Waals surface area contributed by atoms with Crippen LogP contribution in [-0.4, -0.2) is 81.2 Å². The summed E-state index contributed by atoms with van der Waals surface area (Å²) in [4.78, 5) is 15.9. The van der Waals surface area contributed by atoms with Crippen molar-refractivity contribution in [3.8, 4) is 6.07 Å². The van der Waals surface area contributed by atoms with Crippen molar-refractivity contribution in [1.82, 2.24) is 24.1 Å². The minimum atomic E-state index is -0.714. The van der Waals surface area contributed by atoms with Crippen LogP contribution in [0.3, 0.4) is 0 Å². The quantitative estimate of drug-likeness (QED) is 0.776. The standard InChI is InChI=1S/C20H25FN8S/c1-14-8-18(30-26-14)25-19-23-5-2-17(24-19)28-12-20(13-28,3-4-22)29-7-6-27-10-15(21)9-16(27)11-29/h2,5,8,15-16H,3,6-7,9-13H2,1H3,(H,23,24,25)/t15-,16+/m1/s1. The maximum atomic E-state index is 13.8. The number of fused-ring (bicyclic) bond motifs is 1. The van der Waals surface area contributed by atoms with Gasteiger partial charge in [-0.15, -0.1) is 0 Å². The molecular weight excluding hydrogens is 403 g/mol. The van der Waals surface area contributed by atoms with Gasteiger partial charge in [0.2, 0.25) is 5.95 Å². The topological polar surface area (TPSA) is 84.2 Å². The fraction of sp³-hybridized carbons (Fsp3) is 0.600. The summed E-state index contributed by atoms with van der Waals surface area (Å²) in [6.07, 6.45) is 2.13. The summed E-state index contributed by atoms with van der Waals surface area (Å²) in [7, 11) is 0. The number of halogens is 1. The highest BCUT2D eigenvalue weighted by Crippen LogP contribution is 2.37. The summed E-state index contributed by atoms with van der Waals surface area (Å²) < 4.78 is 18.1. The van der Waals surface area contributed by atoms with Crippen LogP contribution >= 0.6 is 11.5 Å². The molecule has 0 amide bonds. The van der Waals surface area contributed by atoms with Gasteiger partial charge in [0.05, 0.1) is 23.7 Å². The highest BCUT2D eigenvalue weighted by molar-refractivity contribution is 7.10. The van der Waals surface area contributed by atoms with Crippen LogP contribution in [0.2, 0.25) is 0 Å². The van der Waals surface area contributed by atoms with Gasteiger partial charge < -0.3 is 10.2 Å². The third-order valence-electron chi connectivity index (χ3n) is 6.44. The van der Waals surface area contributed by atoms with Crippen molar-refractivity contribution in [2.75, 3.05) is 49.5 Å². The minimum absolute atomic E-state index is 0.178. The molecule has 5 rings (SSSR count). The normalized spacial score (nSPS) is 26.1. The Morgan fingerprint density at radius 2 is 2.23 bits per heavy atom. The second-order valence-corrected chi connectivity index (χ2v) is 9.34. The summed E-state index contributed by atoms with van der Waals surface area (Å²) in [5, 5.41) is 13.6. The number of anilines is 3. The molecule has 10 heteroatoms. The summed E-state index contributed by atoms with van der Waals surface area (Å²) in [5.74, 6) is 1.40. The van der Waals surface area contributed by atoms with E-state index in [0.717, 1.165) is 49.2 Å². The van der Waals surface area contributed by atoms with Crippen LogP contribution in [0, 0.1) is 18.3 Å². The maximum Gasteiger partial charge on any atom is 0.229 e. The van der Waals surface area contributed by atoms with Crippen LogP contribution in [0.1, 0.15) is 18.5 Å². The molecule has 1 N–H and O–H groups in total. The predicted octanol–water partition coefficient (Wildman–Crippen LogP) is 2.19. The van der Waals surface area contributed by atoms with E-state index in [0.29, 0.717) is 25.3 Å². The molecule has 0 radical (unpaired) electrons. The largest absolute Gasteiger partial charge is 0.353 e. The molecule has 0 unspecified atom stereocenters. The third-order valence-corrected chi connectivity index (χ3v) is 7.24. The summed E-state index contributed by atoms with van der Waals surface area (Å²) >= 11 is 1.38. The predicted molar refractivity (Wildman–Crippen MR) is 114 cm³/mol. The smallest absolute Gasteiger partial charge is 0.229 e. The molecule has 158 valence electrons. The van der Waals surface area contributed by atoms with Gasteiger partial charge in [-0.25, -0.2) is 9.37 Å². The molecular formula is C20H25FN8S. The van der Waals surface area contributed by atoms with Gasteiger partial charge in [-0.2, -0.15) is 14.6 Å². The number of aryl methyl sites for hydroxylation is 1. The third kappa shape index (κ3) is 3.62. The van der Waals surface area contributed by atoms with Crippen molar-refractivity contribution in [3.05, 3.63) is 24.0 Å². The molecule has 3 aliphatic heterocycles. The Morgan fingerprint density at radius 3 is 3.00 bits per heavy atom. The lowest BCUT2D eigenvalue weighted by molar-refractivity contribution is -0.000587. The monoisotopic (exact) mass is 428 g/mol. The van der Waals surface area contributed by atoms with Gasteiger partial charge >= 0.3 is 0 Å². The first-order valence-corrected chi connectivity index (χ1v) is 11.1. The Kier molecular flexibility index (Phi) is 5.05. The van der Waals surface area contributed by atoms with Gasteiger partial charge in [0, 0.05) is 51.5 Å². The number of rotatable bonds is 5. The van der Waals surface area contributed by atoms with E-state index in [9.17, 15) is 9.65 Å². The number of nitrogens with zero attached hydrogens (tertiary/aromatic N) is 7. The van der Waals surface area contributed by atoms with Crippen LogP contribution in [0.25, 0.3) is 0 Å². The van der Waals surface area contributed by atoms with E-state index in [1.54, 1.807) is 6.20 Å². The summed E-state index contributed by atoms with van der Waals surface area (Å²) in [6.45, 7) is 6.63. The number of nitriles is 1. The van der Waals surface area contributed by atoms with Crippen molar-refractivity contribution in [1.29, 1.82) is 5.26 Å². The Labute approximate surface area is 179 Å². The number of piperazine rings is 1. The van der Waals surface area contributed by atoms with Gasteiger partial charge in [-0.05, 0) is 37.0 Å². The van der Waals surface area contributed by atoms with E-state index >= 15 is 0 Å². The van der Waals surface area contributed by atoms with Crippen LogP contribution < -0.4 is 10.2 Å². The lowest BCUT2D eigenvalue weighted by atomic mass is 9.83. The average Bonchev–Trinajstić information content (AvgIpc) is 3.28. The highest BCUT2D eigenvalue weighted by atomic mass is 32.1. The maximum absolute atomic E-state index is 13.8. The Hall–Kier alpha value is -2.35. The number of aromatic nitrogens is 3. The zero-order valence-corrected chi connectivity index (χ0v) is 17.8. The molecule has 2 aromatic rings. The molecule has 5 heterocycles. The Balaban J connectivity index is 1.27. The van der Waals surface area contributed by atoms with E-state index in [2.05, 4.69) is 40.4 Å². The lowest BCUT2D eigenvalue weighted by Crippen LogP contribution is -2.73. The van der Waals surface area contributed by atoms with E-state index in [1.165, 1.54) is 11.5 Å². The molecule has 3 saturated heterocycles. The summed E-state index contributed by atoms with van der Waals surface area (Å²) in [6, 6.07) is 6.53. The minimum Gasteiger partial charge on any atom is -0.353 e. The van der Waals surface area contributed by atoms with Gasteiger partial charge in [-0.1, -0.05) is 0 Å². The Bertz CT molecular complexity index is 952. The number of hydrogen-bond acceptors (Lipinski definition) is 9. The van der Waals surface area contributed by atoms with E-state index in [-0.39, 0.29) is 11.6 Å². The molecule has 30 heavy (non-hydrogen) atoms. The van der Waals surface area contributed by atoms with Crippen molar-refractivity contribution in [2.24, 2.45) is 0 Å². The first-order chi connectivity index (χ1) is 14.5. The highest BCUT2D eigenvalue weighted by Gasteiger charge is 2.51. The van der Waals surface area contributed by atoms with Crippen LogP contribution in [0.15, 0.2) is 18.3 Å². The molecule has 8 nitrogen and oxygen atoms in total. The Morgan fingerprint density at radius 1 is 1.37 bits per heavy atom. The molecule has 2 atom stereocenters. The molecule has 0 spiro atoms. The van der Waals surface area contributed by atoms with Crippen LogP contribution in [0.5, 0.6) is 0 Å². The molecule has 0 aliphatic carbocycles.